The SMILES string of the molecule is CC(C)CCC[C@@H](C)[C@H]1CC[C@H]2[C@@H]3CC=C4C[C@@H](O)CC[C@]4(C)[C@H]3CC[C@]12C.CCCCC/C=C\C/C=C\CCCCCCCC(=O)O. The molecule has 3 saturated carbocycles. The third kappa shape index (κ3) is 12.2. The molecule has 276 valence electrons. The smallest absolute Gasteiger partial charge is 0.303 e. The van der Waals surface area contributed by atoms with Crippen LogP contribution in [0.25, 0.3) is 0 Å². The highest BCUT2D eigenvalue weighted by atomic mass is 16.4. The zero-order chi connectivity index (χ0) is 35.0. The fourth-order valence-corrected chi connectivity index (χ4v) is 10.8. The Bertz CT molecular complexity index is 1010. The van der Waals surface area contributed by atoms with E-state index in [2.05, 4.69) is 71.9 Å². The summed E-state index contributed by atoms with van der Waals surface area (Å²) in [5.74, 6) is 4.79. The van der Waals surface area contributed by atoms with Gasteiger partial charge in [-0.05, 0) is 136 Å². The first-order valence-electron chi connectivity index (χ1n) is 20.9. The second kappa shape index (κ2) is 21.1. The number of aliphatic hydroxyl groups is 1. The first kappa shape index (κ1) is 41.1. The Kier molecular flexibility index (Phi) is 18.1. The number of hydrogen-bond donors (Lipinski definition) is 2. The van der Waals surface area contributed by atoms with E-state index in [1.807, 2.05) is 0 Å². The molecule has 0 aromatic carbocycles. The molecule has 0 aliphatic heterocycles. The molecule has 4 aliphatic rings. The Morgan fingerprint density at radius 1 is 0.833 bits per heavy atom. The number of unbranched alkanes of at least 4 members (excludes halogenated alkanes) is 8. The number of carboxylic acid groups (broad SMARTS) is 1. The molecule has 3 fully saturated rings. The summed E-state index contributed by atoms with van der Waals surface area (Å²) in [4.78, 5) is 10.3. The van der Waals surface area contributed by atoms with Crippen molar-refractivity contribution in [2.24, 2.45) is 46.3 Å². The summed E-state index contributed by atoms with van der Waals surface area (Å²) < 4.78 is 0. The lowest BCUT2D eigenvalue weighted by Gasteiger charge is -2.58. The van der Waals surface area contributed by atoms with Crippen LogP contribution < -0.4 is 0 Å². The van der Waals surface area contributed by atoms with Crippen molar-refractivity contribution in [3.8, 4) is 0 Å². The highest BCUT2D eigenvalue weighted by Gasteiger charge is 2.59. The van der Waals surface area contributed by atoms with Crippen LogP contribution in [0.4, 0.5) is 0 Å². The van der Waals surface area contributed by atoms with Crippen LogP contribution in [0.5, 0.6) is 0 Å². The highest BCUT2D eigenvalue weighted by Crippen LogP contribution is 2.67. The zero-order valence-electron chi connectivity index (χ0n) is 32.5. The molecule has 0 aromatic rings. The van der Waals surface area contributed by atoms with Crippen molar-refractivity contribution < 1.29 is 15.0 Å². The highest BCUT2D eigenvalue weighted by molar-refractivity contribution is 5.66. The van der Waals surface area contributed by atoms with Crippen LogP contribution in [0.15, 0.2) is 36.0 Å². The van der Waals surface area contributed by atoms with Gasteiger partial charge >= 0.3 is 5.97 Å². The van der Waals surface area contributed by atoms with Gasteiger partial charge in [0.05, 0.1) is 6.10 Å². The standard InChI is InChI=1S/C27H46O.C18H32O2/c1-18(2)7-6-8-19(3)23-11-12-24-22-10-9-20-17-21(28)13-15-26(20,4)25(22)14-16-27(23,24)5;1-2-3-4-5-6-7-8-9-10-11-12-13-14-15-16-17-18(19)20/h9,18-19,21-25,28H,6-8,10-17H2,1-5H3;6-7,9-10H,2-5,8,11-17H2,1H3,(H,19,20)/b;7-6-,10-9-/t19-,21+,22+,23-,24+,25+,26+,27-;/m1./s1. The largest absolute Gasteiger partial charge is 0.481 e. The number of rotatable bonds is 19. The van der Waals surface area contributed by atoms with Gasteiger partial charge in [-0.3, -0.25) is 4.79 Å². The summed E-state index contributed by atoms with van der Waals surface area (Å²) in [5.41, 5.74) is 2.60. The summed E-state index contributed by atoms with van der Waals surface area (Å²) in [7, 11) is 0. The summed E-state index contributed by atoms with van der Waals surface area (Å²) in [6.07, 6.45) is 39.4. The lowest BCUT2D eigenvalue weighted by molar-refractivity contribution is -0.137. The number of carboxylic acids is 1. The Labute approximate surface area is 297 Å². The second-order valence-electron chi connectivity index (χ2n) is 17.6. The number of carbonyl (C=O) groups is 1. The van der Waals surface area contributed by atoms with Crippen LogP contribution in [0.1, 0.15) is 189 Å². The maximum Gasteiger partial charge on any atom is 0.303 e. The van der Waals surface area contributed by atoms with Gasteiger partial charge in [-0.15, -0.1) is 0 Å². The van der Waals surface area contributed by atoms with Crippen molar-refractivity contribution in [3.05, 3.63) is 36.0 Å². The molecule has 8 atom stereocenters. The summed E-state index contributed by atoms with van der Waals surface area (Å²) in [5, 5.41) is 18.7. The second-order valence-corrected chi connectivity index (χ2v) is 17.6. The fraction of sp³-hybridized carbons (Fsp3) is 0.844. The van der Waals surface area contributed by atoms with Gasteiger partial charge in [0.25, 0.3) is 0 Å². The van der Waals surface area contributed by atoms with Gasteiger partial charge in [0, 0.05) is 6.42 Å². The number of aliphatic carboxylic acids is 1. The van der Waals surface area contributed by atoms with E-state index in [4.69, 9.17) is 5.11 Å². The number of hydrogen-bond acceptors (Lipinski definition) is 2. The maximum atomic E-state index is 10.3. The van der Waals surface area contributed by atoms with Crippen LogP contribution in [0.3, 0.4) is 0 Å². The number of fused-ring (bicyclic) bond motifs is 5. The Morgan fingerprint density at radius 2 is 1.52 bits per heavy atom. The minimum atomic E-state index is -0.671. The monoisotopic (exact) mass is 667 g/mol. The van der Waals surface area contributed by atoms with Crippen molar-refractivity contribution in [2.75, 3.05) is 0 Å². The van der Waals surface area contributed by atoms with Crippen LogP contribution >= 0.6 is 0 Å². The number of aliphatic hydroxyl groups excluding tert-OH is 1. The molecule has 0 heterocycles. The molecule has 48 heavy (non-hydrogen) atoms. The molecule has 0 unspecified atom stereocenters. The quantitative estimate of drug-likeness (QED) is 0.107. The van der Waals surface area contributed by atoms with Gasteiger partial charge in [0.2, 0.25) is 0 Å². The minimum absolute atomic E-state index is 0.0766. The van der Waals surface area contributed by atoms with Crippen molar-refractivity contribution in [1.29, 1.82) is 0 Å². The summed E-state index contributed by atoms with van der Waals surface area (Å²) >= 11 is 0. The lowest BCUT2D eigenvalue weighted by Crippen LogP contribution is -2.50. The molecular formula is C45H78O3. The van der Waals surface area contributed by atoms with Gasteiger partial charge in [-0.1, -0.05) is 129 Å². The molecule has 0 bridgehead atoms. The van der Waals surface area contributed by atoms with Crippen molar-refractivity contribution in [2.45, 2.75) is 195 Å². The molecule has 4 rings (SSSR count). The first-order chi connectivity index (χ1) is 23.0. The van der Waals surface area contributed by atoms with Crippen LogP contribution in [-0.2, 0) is 4.79 Å². The minimum Gasteiger partial charge on any atom is -0.481 e. The predicted octanol–water partition coefficient (Wildman–Crippen LogP) is 13.3. The van der Waals surface area contributed by atoms with Crippen molar-refractivity contribution >= 4 is 5.97 Å². The lowest BCUT2D eigenvalue weighted by atomic mass is 9.47. The summed E-state index contributed by atoms with van der Waals surface area (Å²) in [6, 6.07) is 0. The molecule has 0 saturated heterocycles. The van der Waals surface area contributed by atoms with E-state index >= 15 is 0 Å². The van der Waals surface area contributed by atoms with E-state index in [1.165, 1.54) is 103 Å². The molecule has 0 aromatic heterocycles. The predicted molar refractivity (Wildman–Crippen MR) is 206 cm³/mol. The normalized spacial score (nSPS) is 32.0. The van der Waals surface area contributed by atoms with Gasteiger partial charge in [-0.2, -0.15) is 0 Å². The van der Waals surface area contributed by atoms with Gasteiger partial charge in [-0.25, -0.2) is 0 Å². The Morgan fingerprint density at radius 3 is 2.21 bits per heavy atom. The third-order valence-corrected chi connectivity index (χ3v) is 13.6. The van der Waals surface area contributed by atoms with Gasteiger partial charge < -0.3 is 10.2 Å². The van der Waals surface area contributed by atoms with Crippen LogP contribution in [-0.4, -0.2) is 22.3 Å². The van der Waals surface area contributed by atoms with Gasteiger partial charge in [0.1, 0.15) is 0 Å². The number of allylic oxidation sites excluding steroid dienone is 5. The van der Waals surface area contributed by atoms with Gasteiger partial charge in [0.15, 0.2) is 0 Å². The third-order valence-electron chi connectivity index (χ3n) is 13.6. The van der Waals surface area contributed by atoms with E-state index in [0.717, 1.165) is 74.0 Å². The average molecular weight is 667 g/mol. The van der Waals surface area contributed by atoms with E-state index in [9.17, 15) is 9.90 Å². The molecule has 4 aliphatic carbocycles. The molecule has 0 amide bonds. The molecule has 0 radical (unpaired) electrons. The van der Waals surface area contributed by atoms with Crippen molar-refractivity contribution in [3.63, 3.8) is 0 Å². The molecule has 0 spiro atoms. The maximum absolute atomic E-state index is 10.3. The van der Waals surface area contributed by atoms with E-state index < -0.39 is 5.97 Å². The van der Waals surface area contributed by atoms with E-state index in [1.54, 1.807) is 5.57 Å². The molecule has 2 N–H and O–H groups in total. The first-order valence-corrected chi connectivity index (χ1v) is 20.9. The van der Waals surface area contributed by atoms with Crippen molar-refractivity contribution in [1.82, 2.24) is 0 Å². The van der Waals surface area contributed by atoms with Crippen LogP contribution in [0, 0.1) is 46.3 Å². The van der Waals surface area contributed by atoms with E-state index in [-0.39, 0.29) is 6.10 Å². The molecule has 3 heteroatoms. The Balaban J connectivity index is 0.000000279. The summed E-state index contributed by atoms with van der Waals surface area (Å²) in [6.45, 7) is 14.8. The fourth-order valence-electron chi connectivity index (χ4n) is 10.8. The molecule has 3 nitrogen and oxygen atoms in total. The average Bonchev–Trinajstić information content (AvgIpc) is 3.40. The van der Waals surface area contributed by atoms with E-state index in [0.29, 0.717) is 17.3 Å². The molecular weight excluding hydrogens is 588 g/mol. The Hall–Kier alpha value is -1.35. The topological polar surface area (TPSA) is 57.5 Å². The zero-order valence-corrected chi connectivity index (χ0v) is 32.5. The van der Waals surface area contributed by atoms with Crippen LogP contribution in [0.2, 0.25) is 0 Å².